The lowest BCUT2D eigenvalue weighted by Gasteiger charge is -2.34. The first kappa shape index (κ1) is 20.9. The molecule has 0 radical (unpaired) electrons. The number of rotatable bonds is 8. The summed E-state index contributed by atoms with van der Waals surface area (Å²) < 4.78 is 13.0. The molecule has 0 bridgehead atoms. The molecule has 1 fully saturated rings. The monoisotopic (exact) mass is 420 g/mol. The van der Waals surface area contributed by atoms with Gasteiger partial charge in [-0.1, -0.05) is 30.3 Å². The molecule has 2 heterocycles. The minimum absolute atomic E-state index is 0.0245. The fourth-order valence-electron chi connectivity index (χ4n) is 3.72. The molecule has 0 N–H and O–H groups in total. The van der Waals surface area contributed by atoms with E-state index in [1.807, 2.05) is 59.8 Å². The Hall–Kier alpha value is -3.32. The number of carbonyl (C=O) groups is 1. The number of benzene rings is 2. The van der Waals surface area contributed by atoms with Crippen LogP contribution in [0.15, 0.2) is 67.0 Å². The highest BCUT2D eigenvalue weighted by Gasteiger charge is 2.21. The van der Waals surface area contributed by atoms with Crippen molar-refractivity contribution in [1.82, 2.24) is 19.4 Å². The molecule has 31 heavy (non-hydrogen) atoms. The highest BCUT2D eigenvalue weighted by Crippen LogP contribution is 2.18. The Morgan fingerprint density at radius 3 is 2.35 bits per heavy atom. The summed E-state index contributed by atoms with van der Waals surface area (Å²) in [5.74, 6) is 2.45. The summed E-state index contributed by atoms with van der Waals surface area (Å²) in [7, 11) is 1.62. The quantitative estimate of drug-likeness (QED) is 0.561. The van der Waals surface area contributed by atoms with Gasteiger partial charge >= 0.3 is 0 Å². The zero-order valence-corrected chi connectivity index (χ0v) is 17.8. The van der Waals surface area contributed by atoms with Gasteiger partial charge in [-0.3, -0.25) is 9.69 Å². The van der Waals surface area contributed by atoms with Crippen LogP contribution < -0.4 is 9.47 Å². The van der Waals surface area contributed by atoms with Crippen LogP contribution in [0.1, 0.15) is 0 Å². The summed E-state index contributed by atoms with van der Waals surface area (Å²) in [4.78, 5) is 21.3. The molecule has 1 aromatic heterocycles. The number of piperazine rings is 1. The van der Waals surface area contributed by atoms with Gasteiger partial charge in [0.15, 0.2) is 6.61 Å². The molecular weight excluding hydrogens is 392 g/mol. The Morgan fingerprint density at radius 1 is 0.935 bits per heavy atom. The largest absolute Gasteiger partial charge is 0.497 e. The zero-order valence-electron chi connectivity index (χ0n) is 17.8. The van der Waals surface area contributed by atoms with E-state index in [-0.39, 0.29) is 12.5 Å². The van der Waals surface area contributed by atoms with Crippen molar-refractivity contribution in [3.05, 3.63) is 67.0 Å². The molecule has 162 valence electrons. The van der Waals surface area contributed by atoms with E-state index < -0.39 is 0 Å². The van der Waals surface area contributed by atoms with Crippen LogP contribution in [0, 0.1) is 0 Å². The van der Waals surface area contributed by atoms with Crippen LogP contribution in [0.5, 0.6) is 11.5 Å². The standard InChI is InChI=1S/C24H28N4O3/c1-30-21-7-9-22(10-8-21)31-19-23(29)27-16-13-26(14-17-27)15-18-28-12-11-25-24(28)20-5-3-2-4-6-20/h2-12H,13-19H2,1H3. The lowest BCUT2D eigenvalue weighted by molar-refractivity contribution is -0.135. The summed E-state index contributed by atoms with van der Waals surface area (Å²) >= 11 is 0. The third-order valence-electron chi connectivity index (χ3n) is 5.55. The van der Waals surface area contributed by atoms with E-state index in [9.17, 15) is 4.79 Å². The Labute approximate surface area is 182 Å². The van der Waals surface area contributed by atoms with Crippen molar-refractivity contribution in [2.45, 2.75) is 6.54 Å². The molecule has 0 saturated carbocycles. The maximum absolute atomic E-state index is 12.5. The summed E-state index contributed by atoms with van der Waals surface area (Å²) in [6.07, 6.45) is 3.88. The summed E-state index contributed by atoms with van der Waals surface area (Å²) in [5.41, 5.74) is 1.12. The van der Waals surface area contributed by atoms with Gasteiger partial charge in [-0.25, -0.2) is 4.98 Å². The number of carbonyl (C=O) groups excluding carboxylic acids is 1. The average molecular weight is 421 g/mol. The first-order valence-electron chi connectivity index (χ1n) is 10.6. The van der Waals surface area contributed by atoms with E-state index in [0.29, 0.717) is 5.75 Å². The third kappa shape index (κ3) is 5.44. The number of hydrogen-bond donors (Lipinski definition) is 0. The molecule has 0 atom stereocenters. The molecule has 7 nitrogen and oxygen atoms in total. The van der Waals surface area contributed by atoms with E-state index in [0.717, 1.165) is 56.4 Å². The van der Waals surface area contributed by atoms with E-state index >= 15 is 0 Å². The molecule has 1 aliphatic rings. The van der Waals surface area contributed by atoms with Crippen LogP contribution in [-0.2, 0) is 11.3 Å². The SMILES string of the molecule is COc1ccc(OCC(=O)N2CCN(CCn3ccnc3-c3ccccc3)CC2)cc1. The lowest BCUT2D eigenvalue weighted by atomic mass is 10.2. The molecule has 0 spiro atoms. The number of ether oxygens (including phenoxy) is 2. The highest BCUT2D eigenvalue weighted by atomic mass is 16.5. The minimum atomic E-state index is 0.0245. The molecule has 2 aromatic carbocycles. The molecule has 1 amide bonds. The summed E-state index contributed by atoms with van der Waals surface area (Å²) in [6, 6.07) is 17.5. The topological polar surface area (TPSA) is 59.8 Å². The zero-order chi connectivity index (χ0) is 21.5. The number of amides is 1. The van der Waals surface area contributed by atoms with Crippen molar-refractivity contribution in [2.24, 2.45) is 0 Å². The van der Waals surface area contributed by atoms with Crippen LogP contribution in [-0.4, -0.2) is 71.7 Å². The summed E-state index contributed by atoms with van der Waals surface area (Å²) in [6.45, 7) is 5.04. The second-order valence-electron chi connectivity index (χ2n) is 7.50. The van der Waals surface area contributed by atoms with Gasteiger partial charge in [0.1, 0.15) is 17.3 Å². The van der Waals surface area contributed by atoms with E-state index in [1.54, 1.807) is 7.11 Å². The van der Waals surface area contributed by atoms with Gasteiger partial charge in [0.2, 0.25) is 0 Å². The van der Waals surface area contributed by atoms with E-state index in [1.165, 1.54) is 0 Å². The molecule has 1 aliphatic heterocycles. The first-order valence-corrected chi connectivity index (χ1v) is 10.6. The predicted octanol–water partition coefficient (Wildman–Crippen LogP) is 2.78. The molecule has 0 aliphatic carbocycles. The average Bonchev–Trinajstić information content (AvgIpc) is 3.31. The van der Waals surface area contributed by atoms with Crippen LogP contribution >= 0.6 is 0 Å². The second-order valence-corrected chi connectivity index (χ2v) is 7.50. The van der Waals surface area contributed by atoms with Crippen molar-refractivity contribution >= 4 is 5.91 Å². The normalized spacial score (nSPS) is 14.4. The maximum Gasteiger partial charge on any atom is 0.260 e. The van der Waals surface area contributed by atoms with Gasteiger partial charge in [0, 0.05) is 57.2 Å². The number of nitrogens with zero attached hydrogens (tertiary/aromatic N) is 4. The van der Waals surface area contributed by atoms with Gasteiger partial charge < -0.3 is 18.9 Å². The molecule has 3 aromatic rings. The Bertz CT molecular complexity index is 964. The molecule has 1 saturated heterocycles. The van der Waals surface area contributed by atoms with Crippen LogP contribution in [0.4, 0.5) is 0 Å². The van der Waals surface area contributed by atoms with Gasteiger partial charge in [-0.05, 0) is 24.3 Å². The molecular formula is C24H28N4O3. The van der Waals surface area contributed by atoms with Crippen molar-refractivity contribution in [3.8, 4) is 22.9 Å². The Balaban J connectivity index is 1.21. The van der Waals surface area contributed by atoms with Gasteiger partial charge in [0.05, 0.1) is 7.11 Å². The maximum atomic E-state index is 12.5. The van der Waals surface area contributed by atoms with Crippen LogP contribution in [0.25, 0.3) is 11.4 Å². The van der Waals surface area contributed by atoms with E-state index in [4.69, 9.17) is 9.47 Å². The van der Waals surface area contributed by atoms with Crippen molar-refractivity contribution in [1.29, 1.82) is 0 Å². The Morgan fingerprint density at radius 2 is 1.65 bits per heavy atom. The van der Waals surface area contributed by atoms with Gasteiger partial charge in [-0.2, -0.15) is 0 Å². The number of aromatic nitrogens is 2. The highest BCUT2D eigenvalue weighted by molar-refractivity contribution is 5.77. The first-order chi connectivity index (χ1) is 15.2. The predicted molar refractivity (Wildman–Crippen MR) is 119 cm³/mol. The number of imidazole rings is 1. The second kappa shape index (κ2) is 10.1. The van der Waals surface area contributed by atoms with Crippen molar-refractivity contribution < 1.29 is 14.3 Å². The molecule has 4 rings (SSSR count). The van der Waals surface area contributed by atoms with Crippen LogP contribution in [0.2, 0.25) is 0 Å². The van der Waals surface area contributed by atoms with Gasteiger partial charge in [-0.15, -0.1) is 0 Å². The Kier molecular flexibility index (Phi) is 6.84. The lowest BCUT2D eigenvalue weighted by Crippen LogP contribution is -2.50. The van der Waals surface area contributed by atoms with Crippen molar-refractivity contribution in [3.63, 3.8) is 0 Å². The van der Waals surface area contributed by atoms with Crippen molar-refractivity contribution in [2.75, 3.05) is 46.4 Å². The fraction of sp³-hybridized carbons (Fsp3) is 0.333. The summed E-state index contributed by atoms with van der Waals surface area (Å²) in [5, 5.41) is 0. The fourth-order valence-corrected chi connectivity index (χ4v) is 3.72. The van der Waals surface area contributed by atoms with Crippen LogP contribution in [0.3, 0.4) is 0 Å². The third-order valence-corrected chi connectivity index (χ3v) is 5.55. The number of hydrogen-bond acceptors (Lipinski definition) is 5. The number of methoxy groups -OCH3 is 1. The molecule has 0 unspecified atom stereocenters. The smallest absolute Gasteiger partial charge is 0.260 e. The minimum Gasteiger partial charge on any atom is -0.497 e. The molecule has 7 heteroatoms. The van der Waals surface area contributed by atoms with E-state index in [2.05, 4.69) is 26.6 Å². The van der Waals surface area contributed by atoms with Gasteiger partial charge in [0.25, 0.3) is 5.91 Å².